The van der Waals surface area contributed by atoms with Crippen molar-refractivity contribution in [3.05, 3.63) is 0 Å². The first kappa shape index (κ1) is 10.6. The molecule has 2 aliphatic rings. The minimum absolute atomic E-state index is 0.0220. The van der Waals surface area contributed by atoms with E-state index in [1.165, 1.54) is 17.7 Å². The van der Waals surface area contributed by atoms with E-state index in [0.29, 0.717) is 12.3 Å². The van der Waals surface area contributed by atoms with Crippen LogP contribution in [0.4, 0.5) is 0 Å². The van der Waals surface area contributed by atoms with Gasteiger partial charge in [0, 0.05) is 12.6 Å². The van der Waals surface area contributed by atoms with Crippen molar-refractivity contribution in [2.24, 2.45) is 5.92 Å². The summed E-state index contributed by atoms with van der Waals surface area (Å²) >= 11 is 0. The summed E-state index contributed by atoms with van der Waals surface area (Å²) in [4.78, 5) is 24.2. The number of nitrogens with zero attached hydrogens (tertiary/aromatic N) is 1. The Labute approximate surface area is 90.0 Å². The van der Waals surface area contributed by atoms with Crippen LogP contribution in [-0.4, -0.2) is 35.3 Å². The monoisotopic (exact) mass is 210 g/mol. The van der Waals surface area contributed by atoms with Crippen LogP contribution in [0.1, 0.15) is 33.1 Å². The number of hydrogen-bond donors (Lipinski definition) is 1. The van der Waals surface area contributed by atoms with E-state index in [4.69, 9.17) is 0 Å². The second-order valence-electron chi connectivity index (χ2n) is 5.19. The highest BCUT2D eigenvalue weighted by Crippen LogP contribution is 2.39. The van der Waals surface area contributed by atoms with Crippen molar-refractivity contribution in [2.45, 2.75) is 44.7 Å². The van der Waals surface area contributed by atoms with Gasteiger partial charge < -0.3 is 5.32 Å². The molecule has 15 heavy (non-hydrogen) atoms. The summed E-state index contributed by atoms with van der Waals surface area (Å²) in [5.74, 6) is 0.490. The molecule has 0 aromatic rings. The van der Waals surface area contributed by atoms with Gasteiger partial charge in [-0.25, -0.2) is 0 Å². The molecule has 0 aromatic heterocycles. The second kappa shape index (κ2) is 3.30. The van der Waals surface area contributed by atoms with Crippen LogP contribution >= 0.6 is 0 Å². The normalized spacial score (nSPS) is 27.7. The molecule has 1 atom stereocenters. The van der Waals surface area contributed by atoms with Crippen LogP contribution in [0.3, 0.4) is 0 Å². The Morgan fingerprint density at radius 3 is 2.33 bits per heavy atom. The van der Waals surface area contributed by atoms with Gasteiger partial charge in [0.2, 0.25) is 11.8 Å². The second-order valence-corrected chi connectivity index (χ2v) is 5.19. The summed E-state index contributed by atoms with van der Waals surface area (Å²) in [6.45, 7) is 4.22. The lowest BCUT2D eigenvalue weighted by Gasteiger charge is -2.29. The van der Waals surface area contributed by atoms with Gasteiger partial charge in [0.1, 0.15) is 0 Å². The van der Waals surface area contributed by atoms with E-state index in [0.717, 1.165) is 0 Å². The molecule has 1 saturated heterocycles. The minimum Gasteiger partial charge on any atom is -0.300 e. The van der Waals surface area contributed by atoms with E-state index in [1.54, 1.807) is 7.05 Å². The lowest BCUT2D eigenvalue weighted by Crippen LogP contribution is -2.50. The smallest absolute Gasteiger partial charge is 0.246 e. The molecule has 1 N–H and O–H groups in total. The summed E-state index contributed by atoms with van der Waals surface area (Å²) in [5.41, 5.74) is -0.0220. The van der Waals surface area contributed by atoms with Gasteiger partial charge in [-0.05, 0) is 32.6 Å². The Hall–Kier alpha value is -0.900. The number of likely N-dealkylation sites (tertiary alicyclic amines) is 1. The zero-order chi connectivity index (χ0) is 11.2. The van der Waals surface area contributed by atoms with Crippen molar-refractivity contribution in [2.75, 3.05) is 7.05 Å². The molecule has 1 unspecified atom stereocenters. The van der Waals surface area contributed by atoms with E-state index in [9.17, 15) is 9.59 Å². The molecular formula is C11H18N2O2. The summed E-state index contributed by atoms with van der Waals surface area (Å²) in [5, 5.41) is 3.32. The third-order valence-corrected chi connectivity index (χ3v) is 3.53. The SMILES string of the molecule is CN1C(=O)CC(NC(C)(C)C2CC2)C1=O. The molecule has 0 spiro atoms. The van der Waals surface area contributed by atoms with Gasteiger partial charge in [-0.1, -0.05) is 0 Å². The van der Waals surface area contributed by atoms with E-state index in [2.05, 4.69) is 19.2 Å². The highest BCUT2D eigenvalue weighted by atomic mass is 16.2. The third-order valence-electron chi connectivity index (χ3n) is 3.53. The first-order valence-electron chi connectivity index (χ1n) is 5.50. The first-order valence-corrected chi connectivity index (χ1v) is 5.50. The Kier molecular flexibility index (Phi) is 2.34. The Balaban J connectivity index is 2.01. The molecule has 1 aliphatic heterocycles. The molecular weight excluding hydrogens is 192 g/mol. The van der Waals surface area contributed by atoms with Crippen LogP contribution < -0.4 is 5.32 Å². The van der Waals surface area contributed by atoms with Gasteiger partial charge in [-0.2, -0.15) is 0 Å². The molecule has 1 aliphatic carbocycles. The Morgan fingerprint density at radius 2 is 1.93 bits per heavy atom. The number of nitrogens with one attached hydrogen (secondary N) is 1. The zero-order valence-corrected chi connectivity index (χ0v) is 9.54. The Morgan fingerprint density at radius 1 is 1.33 bits per heavy atom. The van der Waals surface area contributed by atoms with Gasteiger partial charge in [0.25, 0.3) is 0 Å². The number of carbonyl (C=O) groups excluding carboxylic acids is 2. The van der Waals surface area contributed by atoms with Crippen LogP contribution in [0.2, 0.25) is 0 Å². The lowest BCUT2D eigenvalue weighted by molar-refractivity contribution is -0.137. The predicted molar refractivity (Wildman–Crippen MR) is 56.1 cm³/mol. The molecule has 0 bridgehead atoms. The first-order chi connectivity index (χ1) is 6.92. The summed E-state index contributed by atoms with van der Waals surface area (Å²) in [7, 11) is 1.55. The van der Waals surface area contributed by atoms with Gasteiger partial charge in [-0.15, -0.1) is 0 Å². The number of carbonyl (C=O) groups is 2. The number of imide groups is 1. The molecule has 0 radical (unpaired) electrons. The quantitative estimate of drug-likeness (QED) is 0.691. The fourth-order valence-electron chi connectivity index (χ4n) is 2.24. The van der Waals surface area contributed by atoms with Gasteiger partial charge in [0.05, 0.1) is 12.5 Å². The zero-order valence-electron chi connectivity index (χ0n) is 9.54. The van der Waals surface area contributed by atoms with Crippen molar-refractivity contribution in [3.8, 4) is 0 Å². The van der Waals surface area contributed by atoms with Crippen LogP contribution in [0, 0.1) is 5.92 Å². The average Bonchev–Trinajstić information content (AvgIpc) is 2.93. The Bertz CT molecular complexity index is 308. The maximum Gasteiger partial charge on any atom is 0.246 e. The fourth-order valence-corrected chi connectivity index (χ4v) is 2.24. The third kappa shape index (κ3) is 1.91. The van der Waals surface area contributed by atoms with Crippen LogP contribution in [0.25, 0.3) is 0 Å². The molecule has 2 fully saturated rings. The largest absolute Gasteiger partial charge is 0.300 e. The highest BCUT2D eigenvalue weighted by Gasteiger charge is 2.43. The van der Waals surface area contributed by atoms with Crippen molar-refractivity contribution < 1.29 is 9.59 Å². The summed E-state index contributed by atoms with van der Waals surface area (Å²) in [6.07, 6.45) is 2.76. The van der Waals surface area contributed by atoms with Crippen molar-refractivity contribution >= 4 is 11.8 Å². The van der Waals surface area contributed by atoms with Crippen LogP contribution in [0.15, 0.2) is 0 Å². The van der Waals surface area contributed by atoms with E-state index >= 15 is 0 Å². The molecule has 84 valence electrons. The summed E-state index contributed by atoms with van der Waals surface area (Å²) < 4.78 is 0. The minimum atomic E-state index is -0.307. The molecule has 4 nitrogen and oxygen atoms in total. The highest BCUT2D eigenvalue weighted by molar-refractivity contribution is 6.05. The fraction of sp³-hybridized carbons (Fsp3) is 0.818. The lowest BCUT2D eigenvalue weighted by atomic mass is 9.97. The number of hydrogen-bond acceptors (Lipinski definition) is 3. The molecule has 1 saturated carbocycles. The molecule has 4 heteroatoms. The number of amides is 2. The average molecular weight is 210 g/mol. The van der Waals surface area contributed by atoms with E-state index < -0.39 is 0 Å². The van der Waals surface area contributed by atoms with Crippen molar-refractivity contribution in [1.82, 2.24) is 10.2 Å². The van der Waals surface area contributed by atoms with Crippen LogP contribution in [0.5, 0.6) is 0 Å². The van der Waals surface area contributed by atoms with Gasteiger partial charge in [-0.3, -0.25) is 14.5 Å². The van der Waals surface area contributed by atoms with E-state index in [-0.39, 0.29) is 23.4 Å². The molecule has 2 amide bonds. The number of rotatable bonds is 3. The number of likely N-dealkylation sites (N-methyl/N-ethyl adjacent to an activating group) is 1. The maximum absolute atomic E-state index is 11.7. The molecule has 2 rings (SSSR count). The van der Waals surface area contributed by atoms with Crippen LogP contribution in [-0.2, 0) is 9.59 Å². The maximum atomic E-state index is 11.7. The van der Waals surface area contributed by atoms with Crippen molar-refractivity contribution in [3.63, 3.8) is 0 Å². The van der Waals surface area contributed by atoms with E-state index in [1.807, 2.05) is 0 Å². The predicted octanol–water partition coefficient (Wildman–Crippen LogP) is 0.522. The van der Waals surface area contributed by atoms with Crippen molar-refractivity contribution in [1.29, 1.82) is 0 Å². The van der Waals surface area contributed by atoms with Gasteiger partial charge >= 0.3 is 0 Å². The summed E-state index contributed by atoms with van der Waals surface area (Å²) in [6, 6.07) is -0.307. The standard InChI is InChI=1S/C11H18N2O2/c1-11(2,7-4-5-7)12-8-6-9(14)13(3)10(8)15/h7-8,12H,4-6H2,1-3H3. The van der Waals surface area contributed by atoms with Gasteiger partial charge in [0.15, 0.2) is 0 Å². The molecule has 1 heterocycles. The topological polar surface area (TPSA) is 49.4 Å². The molecule has 0 aromatic carbocycles.